The summed E-state index contributed by atoms with van der Waals surface area (Å²) >= 11 is 1.30. The second kappa shape index (κ2) is 3.96. The standard InChI is InChI=1S/C10H10F3NS/c11-10(12,13)5-7-6-14-8-3-1-2-4-9(8)15-7/h1-4,7,14H,5-6H2. The van der Waals surface area contributed by atoms with Crippen LogP contribution in [0, 0.1) is 0 Å². The van der Waals surface area contributed by atoms with Gasteiger partial charge < -0.3 is 5.32 Å². The second-order valence-corrected chi connectivity index (χ2v) is 4.78. The number of alkyl halides is 3. The molecule has 1 nitrogen and oxygen atoms in total. The molecule has 1 aromatic rings. The molecule has 0 saturated heterocycles. The minimum atomic E-state index is -4.08. The highest BCUT2D eigenvalue weighted by Gasteiger charge is 2.33. The van der Waals surface area contributed by atoms with Crippen molar-refractivity contribution in [2.75, 3.05) is 11.9 Å². The average Bonchev–Trinajstić information content (AvgIpc) is 2.15. The van der Waals surface area contributed by atoms with Crippen molar-refractivity contribution in [2.45, 2.75) is 22.7 Å². The third-order valence-corrected chi connectivity index (χ3v) is 3.44. The Morgan fingerprint density at radius 3 is 2.80 bits per heavy atom. The summed E-state index contributed by atoms with van der Waals surface area (Å²) in [5.41, 5.74) is 0.931. The molecule has 1 aliphatic heterocycles. The summed E-state index contributed by atoms with van der Waals surface area (Å²) in [4.78, 5) is 0.901. The van der Waals surface area contributed by atoms with Crippen LogP contribution in [0.5, 0.6) is 0 Å². The topological polar surface area (TPSA) is 12.0 Å². The Morgan fingerprint density at radius 1 is 1.33 bits per heavy atom. The summed E-state index contributed by atoms with van der Waals surface area (Å²) in [5.74, 6) is 0. The number of para-hydroxylation sites is 1. The van der Waals surface area contributed by atoms with E-state index in [4.69, 9.17) is 0 Å². The first kappa shape index (κ1) is 10.7. The molecule has 1 N–H and O–H groups in total. The van der Waals surface area contributed by atoms with Gasteiger partial charge in [-0.2, -0.15) is 13.2 Å². The molecule has 0 aromatic heterocycles. The van der Waals surface area contributed by atoms with E-state index < -0.39 is 17.8 Å². The Morgan fingerprint density at radius 2 is 2.07 bits per heavy atom. The fourth-order valence-corrected chi connectivity index (χ4v) is 2.75. The van der Waals surface area contributed by atoms with Gasteiger partial charge in [-0.05, 0) is 12.1 Å². The summed E-state index contributed by atoms with van der Waals surface area (Å²) in [6, 6.07) is 7.43. The van der Waals surface area contributed by atoms with Gasteiger partial charge in [0, 0.05) is 22.4 Å². The molecule has 1 aliphatic rings. The molecular weight excluding hydrogens is 223 g/mol. The summed E-state index contributed by atoms with van der Waals surface area (Å²) < 4.78 is 36.5. The zero-order valence-electron chi connectivity index (χ0n) is 7.84. The number of halogens is 3. The summed E-state index contributed by atoms with van der Waals surface area (Å²) in [7, 11) is 0. The zero-order chi connectivity index (χ0) is 10.9. The average molecular weight is 233 g/mol. The predicted octanol–water partition coefficient (Wildman–Crippen LogP) is 3.53. The van der Waals surface area contributed by atoms with Crippen LogP contribution in [0.15, 0.2) is 29.2 Å². The van der Waals surface area contributed by atoms with Crippen LogP contribution in [-0.4, -0.2) is 18.0 Å². The lowest BCUT2D eigenvalue weighted by Crippen LogP contribution is -2.26. The van der Waals surface area contributed by atoms with Gasteiger partial charge in [0.05, 0.1) is 6.42 Å². The van der Waals surface area contributed by atoms with E-state index in [2.05, 4.69) is 5.32 Å². The van der Waals surface area contributed by atoms with Gasteiger partial charge in [0.2, 0.25) is 0 Å². The Bertz CT molecular complexity index is 351. The Balaban J connectivity index is 2.06. The molecule has 1 heterocycles. The number of hydrogen-bond acceptors (Lipinski definition) is 2. The summed E-state index contributed by atoms with van der Waals surface area (Å²) in [6.45, 7) is 0.376. The molecule has 0 aliphatic carbocycles. The molecule has 0 bridgehead atoms. The van der Waals surface area contributed by atoms with Crippen LogP contribution < -0.4 is 5.32 Å². The predicted molar refractivity (Wildman–Crippen MR) is 55.2 cm³/mol. The normalized spacial score (nSPS) is 20.6. The highest BCUT2D eigenvalue weighted by molar-refractivity contribution is 8.00. The van der Waals surface area contributed by atoms with Gasteiger partial charge in [0.15, 0.2) is 0 Å². The Hall–Kier alpha value is -0.840. The first-order valence-electron chi connectivity index (χ1n) is 4.61. The first-order valence-corrected chi connectivity index (χ1v) is 5.49. The Kier molecular flexibility index (Phi) is 2.82. The minimum Gasteiger partial charge on any atom is -0.383 e. The molecule has 15 heavy (non-hydrogen) atoms. The third-order valence-electron chi connectivity index (χ3n) is 2.16. The van der Waals surface area contributed by atoms with Crippen molar-refractivity contribution in [3.63, 3.8) is 0 Å². The molecular formula is C10H10F3NS. The molecule has 0 spiro atoms. The van der Waals surface area contributed by atoms with Crippen molar-refractivity contribution in [3.05, 3.63) is 24.3 Å². The third kappa shape index (κ3) is 2.81. The lowest BCUT2D eigenvalue weighted by molar-refractivity contribution is -0.133. The summed E-state index contributed by atoms with van der Waals surface area (Å²) in [6.07, 6.45) is -4.81. The largest absolute Gasteiger partial charge is 0.390 e. The van der Waals surface area contributed by atoms with Crippen LogP contribution in [0.3, 0.4) is 0 Å². The molecule has 0 amide bonds. The molecule has 5 heteroatoms. The molecule has 0 saturated carbocycles. The molecule has 82 valence electrons. The van der Waals surface area contributed by atoms with Crippen molar-refractivity contribution in [1.29, 1.82) is 0 Å². The van der Waals surface area contributed by atoms with Crippen LogP contribution in [0.4, 0.5) is 18.9 Å². The summed E-state index contributed by atoms with van der Waals surface area (Å²) in [5, 5.41) is 2.60. The highest BCUT2D eigenvalue weighted by atomic mass is 32.2. The van der Waals surface area contributed by atoms with Gasteiger partial charge in [0.25, 0.3) is 0 Å². The smallest absolute Gasteiger partial charge is 0.383 e. The van der Waals surface area contributed by atoms with Gasteiger partial charge >= 0.3 is 6.18 Å². The van der Waals surface area contributed by atoms with Gasteiger partial charge in [-0.25, -0.2) is 0 Å². The number of rotatable bonds is 1. The van der Waals surface area contributed by atoms with Crippen molar-refractivity contribution in [1.82, 2.24) is 0 Å². The lowest BCUT2D eigenvalue weighted by atomic mass is 10.2. The van der Waals surface area contributed by atoms with Gasteiger partial charge in [-0.3, -0.25) is 0 Å². The van der Waals surface area contributed by atoms with E-state index in [0.717, 1.165) is 10.6 Å². The van der Waals surface area contributed by atoms with Crippen LogP contribution >= 0.6 is 11.8 Å². The second-order valence-electron chi connectivity index (χ2n) is 3.44. The maximum Gasteiger partial charge on any atom is 0.390 e. The van der Waals surface area contributed by atoms with Crippen molar-refractivity contribution >= 4 is 17.4 Å². The van der Waals surface area contributed by atoms with Crippen LogP contribution in [0.2, 0.25) is 0 Å². The lowest BCUT2D eigenvalue weighted by Gasteiger charge is -2.26. The van der Waals surface area contributed by atoms with Crippen LogP contribution in [-0.2, 0) is 0 Å². The molecule has 0 radical (unpaired) electrons. The van der Waals surface area contributed by atoms with Crippen molar-refractivity contribution in [3.8, 4) is 0 Å². The van der Waals surface area contributed by atoms with E-state index in [0.29, 0.717) is 6.54 Å². The van der Waals surface area contributed by atoms with E-state index in [9.17, 15) is 13.2 Å². The quantitative estimate of drug-likeness (QED) is 0.796. The van der Waals surface area contributed by atoms with E-state index >= 15 is 0 Å². The van der Waals surface area contributed by atoms with Gasteiger partial charge in [0.1, 0.15) is 0 Å². The number of anilines is 1. The number of thioether (sulfide) groups is 1. The molecule has 0 fully saturated rings. The first-order chi connectivity index (χ1) is 7.04. The van der Waals surface area contributed by atoms with Crippen molar-refractivity contribution < 1.29 is 13.2 Å². The van der Waals surface area contributed by atoms with Crippen LogP contribution in [0.1, 0.15) is 6.42 Å². The molecule has 2 rings (SSSR count). The molecule has 1 aromatic carbocycles. The number of hydrogen-bond donors (Lipinski definition) is 1. The van der Waals surface area contributed by atoms with E-state index in [1.165, 1.54) is 11.8 Å². The van der Waals surface area contributed by atoms with Gasteiger partial charge in [-0.15, -0.1) is 11.8 Å². The highest BCUT2D eigenvalue weighted by Crippen LogP contribution is 2.38. The number of nitrogens with one attached hydrogen (secondary N) is 1. The van der Waals surface area contributed by atoms with E-state index in [1.807, 2.05) is 24.3 Å². The van der Waals surface area contributed by atoms with Crippen molar-refractivity contribution in [2.24, 2.45) is 0 Å². The zero-order valence-corrected chi connectivity index (χ0v) is 8.66. The number of fused-ring (bicyclic) bond motifs is 1. The van der Waals surface area contributed by atoms with Crippen LogP contribution in [0.25, 0.3) is 0 Å². The van der Waals surface area contributed by atoms with Gasteiger partial charge in [-0.1, -0.05) is 12.1 Å². The number of benzene rings is 1. The Labute approximate surface area is 90.1 Å². The molecule has 1 unspecified atom stereocenters. The fraction of sp³-hybridized carbons (Fsp3) is 0.400. The van der Waals surface area contributed by atoms with E-state index in [1.54, 1.807) is 0 Å². The minimum absolute atomic E-state index is 0.376. The fourth-order valence-electron chi connectivity index (χ4n) is 1.53. The maximum absolute atomic E-state index is 12.2. The molecule has 1 atom stereocenters. The van der Waals surface area contributed by atoms with E-state index in [-0.39, 0.29) is 0 Å². The SMILES string of the molecule is FC(F)(F)CC1CNc2ccccc2S1. The monoisotopic (exact) mass is 233 g/mol. The maximum atomic E-state index is 12.2.